The number of amidine groups is 1. The van der Waals surface area contributed by atoms with E-state index in [1.807, 2.05) is 6.92 Å². The zero-order chi connectivity index (χ0) is 21.5. The molecule has 0 aliphatic carbocycles. The lowest BCUT2D eigenvalue weighted by Crippen LogP contribution is -2.41. The molecule has 1 fully saturated rings. The highest BCUT2D eigenvalue weighted by atomic mass is 35.5. The van der Waals surface area contributed by atoms with Crippen LogP contribution in [0.25, 0.3) is 0 Å². The van der Waals surface area contributed by atoms with Crippen molar-refractivity contribution in [2.24, 2.45) is 10.2 Å². The molecular weight excluding hydrogens is 428 g/mol. The molecule has 2 aromatic carbocycles. The second kappa shape index (κ2) is 10.1. The molecule has 0 aromatic heterocycles. The maximum absolute atomic E-state index is 12.5. The molecule has 156 valence electrons. The normalized spacial score (nSPS) is 17.7. The summed E-state index contributed by atoms with van der Waals surface area (Å²) < 4.78 is 5.32. The summed E-state index contributed by atoms with van der Waals surface area (Å²) in [6.45, 7) is 2.23. The van der Waals surface area contributed by atoms with Crippen LogP contribution in [0.3, 0.4) is 0 Å². The van der Waals surface area contributed by atoms with Crippen LogP contribution >= 0.6 is 23.4 Å². The van der Waals surface area contributed by atoms with Gasteiger partial charge in [-0.15, -0.1) is 5.10 Å². The number of carbonyl (C=O) groups excluding carboxylic acids is 2. The molecule has 1 aliphatic heterocycles. The first-order valence-corrected chi connectivity index (χ1v) is 10.3. The topological polar surface area (TPSA) is 112 Å². The van der Waals surface area contributed by atoms with Crippen LogP contribution in [0.15, 0.2) is 52.7 Å². The second-order valence-corrected chi connectivity index (χ2v) is 7.80. The van der Waals surface area contributed by atoms with Crippen LogP contribution in [0.4, 0.5) is 5.69 Å². The van der Waals surface area contributed by atoms with Gasteiger partial charge in [0.1, 0.15) is 5.25 Å². The van der Waals surface area contributed by atoms with Gasteiger partial charge in [0, 0.05) is 17.1 Å². The Morgan fingerprint density at radius 2 is 2.23 bits per heavy atom. The van der Waals surface area contributed by atoms with Crippen molar-refractivity contribution in [1.82, 2.24) is 5.32 Å². The summed E-state index contributed by atoms with van der Waals surface area (Å²) in [5.41, 5.74) is 1.20. The van der Waals surface area contributed by atoms with Crippen molar-refractivity contribution in [3.8, 4) is 11.5 Å². The first-order valence-electron chi connectivity index (χ1n) is 9.04. The van der Waals surface area contributed by atoms with Crippen LogP contribution in [0, 0.1) is 0 Å². The zero-order valence-corrected chi connectivity index (χ0v) is 17.5. The van der Waals surface area contributed by atoms with Crippen molar-refractivity contribution in [3.05, 3.63) is 53.1 Å². The first kappa shape index (κ1) is 21.7. The van der Waals surface area contributed by atoms with E-state index in [1.165, 1.54) is 12.3 Å². The van der Waals surface area contributed by atoms with Gasteiger partial charge >= 0.3 is 0 Å². The number of ether oxygens (including phenoxy) is 1. The number of nitrogens with zero attached hydrogens (tertiary/aromatic N) is 2. The van der Waals surface area contributed by atoms with Crippen molar-refractivity contribution in [1.29, 1.82) is 0 Å². The van der Waals surface area contributed by atoms with E-state index in [9.17, 15) is 14.7 Å². The molecule has 2 aromatic rings. The lowest BCUT2D eigenvalue weighted by Gasteiger charge is -2.21. The Hall–Kier alpha value is -3.04. The maximum atomic E-state index is 12.5. The van der Waals surface area contributed by atoms with Crippen LogP contribution < -0.4 is 15.4 Å². The molecule has 1 saturated heterocycles. The standard InChI is InChI=1S/C20H19ClN4O4S/c1-2-29-16-8-12(6-7-15(16)26)11-22-25-20-24-18(27)10-17(30-20)19(28)23-14-5-3-4-13(21)9-14/h3-9,11,17,26H,2,10H2,1H3,(H,23,28)(H,24,25,27). The molecule has 30 heavy (non-hydrogen) atoms. The van der Waals surface area contributed by atoms with Crippen molar-refractivity contribution < 1.29 is 19.4 Å². The van der Waals surface area contributed by atoms with Gasteiger partial charge in [-0.1, -0.05) is 29.4 Å². The minimum absolute atomic E-state index is 0.0233. The SMILES string of the molecule is CCOc1cc(C=NN=C2NC(=O)CC(C(=O)Nc3cccc(Cl)c3)S2)ccc1O. The Balaban J connectivity index is 1.66. The third-order valence-corrected chi connectivity index (χ3v) is 5.20. The number of aromatic hydroxyl groups is 1. The van der Waals surface area contributed by atoms with Gasteiger partial charge in [-0.25, -0.2) is 0 Å². The van der Waals surface area contributed by atoms with E-state index in [4.69, 9.17) is 16.3 Å². The fourth-order valence-corrected chi connectivity index (χ4v) is 3.69. The fraction of sp³-hybridized carbons (Fsp3) is 0.200. The molecule has 1 atom stereocenters. The minimum atomic E-state index is -0.648. The summed E-state index contributed by atoms with van der Waals surface area (Å²) in [6, 6.07) is 11.5. The first-order chi connectivity index (χ1) is 14.4. The number of thioether (sulfide) groups is 1. The van der Waals surface area contributed by atoms with Crippen molar-refractivity contribution >= 4 is 52.2 Å². The van der Waals surface area contributed by atoms with Gasteiger partial charge in [0.2, 0.25) is 11.8 Å². The summed E-state index contributed by atoms with van der Waals surface area (Å²) in [5.74, 6) is -0.276. The monoisotopic (exact) mass is 446 g/mol. The van der Waals surface area contributed by atoms with Gasteiger partial charge in [0.15, 0.2) is 16.7 Å². The smallest absolute Gasteiger partial charge is 0.238 e. The molecule has 8 nitrogen and oxygen atoms in total. The Morgan fingerprint density at radius 1 is 1.40 bits per heavy atom. The molecular formula is C20H19ClN4O4S. The number of anilines is 1. The predicted octanol–water partition coefficient (Wildman–Crippen LogP) is 3.39. The fourth-order valence-electron chi connectivity index (χ4n) is 2.56. The minimum Gasteiger partial charge on any atom is -0.504 e. The van der Waals surface area contributed by atoms with Gasteiger partial charge in [-0.2, -0.15) is 5.10 Å². The molecule has 2 amide bonds. The largest absolute Gasteiger partial charge is 0.504 e. The number of carbonyl (C=O) groups is 2. The number of nitrogens with one attached hydrogen (secondary N) is 2. The Kier molecular flexibility index (Phi) is 7.31. The zero-order valence-electron chi connectivity index (χ0n) is 16.0. The van der Waals surface area contributed by atoms with E-state index in [-0.39, 0.29) is 29.2 Å². The Bertz CT molecular complexity index is 1010. The van der Waals surface area contributed by atoms with Gasteiger partial charge in [0.05, 0.1) is 12.8 Å². The molecule has 0 spiro atoms. The van der Waals surface area contributed by atoms with Crippen LogP contribution in [0.5, 0.6) is 11.5 Å². The van der Waals surface area contributed by atoms with Gasteiger partial charge in [-0.3, -0.25) is 9.59 Å². The van der Waals surface area contributed by atoms with E-state index in [1.54, 1.807) is 36.4 Å². The van der Waals surface area contributed by atoms with E-state index in [2.05, 4.69) is 20.8 Å². The van der Waals surface area contributed by atoms with E-state index in [0.717, 1.165) is 11.8 Å². The highest BCUT2D eigenvalue weighted by molar-refractivity contribution is 8.15. The van der Waals surface area contributed by atoms with E-state index < -0.39 is 5.25 Å². The van der Waals surface area contributed by atoms with Crippen molar-refractivity contribution in [2.45, 2.75) is 18.6 Å². The highest BCUT2D eigenvalue weighted by Gasteiger charge is 2.30. The number of benzene rings is 2. The van der Waals surface area contributed by atoms with Crippen LogP contribution in [0.1, 0.15) is 18.9 Å². The van der Waals surface area contributed by atoms with Crippen LogP contribution in [-0.2, 0) is 9.59 Å². The number of amides is 2. The number of rotatable bonds is 6. The lowest BCUT2D eigenvalue weighted by atomic mass is 10.2. The number of phenolic OH excluding ortho intramolecular Hbond substituents is 1. The quantitative estimate of drug-likeness (QED) is 0.465. The summed E-state index contributed by atoms with van der Waals surface area (Å²) in [4.78, 5) is 24.5. The number of halogens is 1. The second-order valence-electron chi connectivity index (χ2n) is 6.17. The average molecular weight is 447 g/mol. The molecule has 3 N–H and O–H groups in total. The number of phenols is 1. The molecule has 3 rings (SSSR count). The Morgan fingerprint density at radius 3 is 3.00 bits per heavy atom. The molecule has 0 saturated carbocycles. The summed E-state index contributed by atoms with van der Waals surface area (Å²) in [7, 11) is 0. The average Bonchev–Trinajstić information content (AvgIpc) is 2.70. The summed E-state index contributed by atoms with van der Waals surface area (Å²) in [5, 5.41) is 23.1. The Labute approximate surface area is 182 Å². The van der Waals surface area contributed by atoms with Gasteiger partial charge in [0.25, 0.3) is 0 Å². The molecule has 1 heterocycles. The third-order valence-electron chi connectivity index (χ3n) is 3.89. The molecule has 1 unspecified atom stereocenters. The molecule has 0 radical (unpaired) electrons. The maximum Gasteiger partial charge on any atom is 0.238 e. The van der Waals surface area contributed by atoms with E-state index in [0.29, 0.717) is 28.6 Å². The van der Waals surface area contributed by atoms with E-state index >= 15 is 0 Å². The molecule has 10 heteroatoms. The molecule has 1 aliphatic rings. The van der Waals surface area contributed by atoms with Crippen molar-refractivity contribution in [3.63, 3.8) is 0 Å². The van der Waals surface area contributed by atoms with Crippen LogP contribution in [0.2, 0.25) is 5.02 Å². The van der Waals surface area contributed by atoms with Gasteiger partial charge < -0.3 is 20.5 Å². The van der Waals surface area contributed by atoms with Gasteiger partial charge in [-0.05, 0) is 48.9 Å². The number of hydrogen-bond acceptors (Lipinski definition) is 7. The predicted molar refractivity (Wildman–Crippen MR) is 119 cm³/mol. The summed E-state index contributed by atoms with van der Waals surface area (Å²) >= 11 is 7.04. The third kappa shape index (κ3) is 5.98. The lowest BCUT2D eigenvalue weighted by molar-refractivity contribution is -0.123. The van der Waals surface area contributed by atoms with Crippen LogP contribution in [-0.4, -0.2) is 40.2 Å². The highest BCUT2D eigenvalue weighted by Crippen LogP contribution is 2.26. The van der Waals surface area contributed by atoms with Crippen molar-refractivity contribution in [2.75, 3.05) is 11.9 Å². The number of hydrogen-bond donors (Lipinski definition) is 3. The molecule has 0 bridgehead atoms. The summed E-state index contributed by atoms with van der Waals surface area (Å²) in [6.07, 6.45) is 1.48.